The number of nitrogens with two attached hydrogens (primary N) is 1. The molecule has 5 nitrogen and oxygen atoms in total. The molecule has 2 aromatic rings. The molecule has 1 fully saturated rings. The highest BCUT2D eigenvalue weighted by molar-refractivity contribution is 5.88. The number of anilines is 2. The first-order valence-electron chi connectivity index (χ1n) is 5.63. The van der Waals surface area contributed by atoms with Gasteiger partial charge in [0.15, 0.2) is 0 Å². The standard InChI is InChI=1S/C12H14N4O/c1-12(2-3-12)16-10-5-9-7(4-8(10)13)11(17)15-6-14-9/h4-6,16H,2-3,13H2,1H3,(H,14,15,17). The third kappa shape index (κ3) is 1.73. The molecule has 0 spiro atoms. The minimum Gasteiger partial charge on any atom is -0.397 e. The predicted molar refractivity (Wildman–Crippen MR) is 68.0 cm³/mol. The van der Waals surface area contributed by atoms with Crippen molar-refractivity contribution in [3.05, 3.63) is 28.8 Å². The number of benzene rings is 1. The maximum Gasteiger partial charge on any atom is 0.258 e. The number of aromatic amines is 1. The van der Waals surface area contributed by atoms with Crippen molar-refractivity contribution in [1.29, 1.82) is 0 Å². The zero-order valence-electron chi connectivity index (χ0n) is 9.58. The zero-order valence-corrected chi connectivity index (χ0v) is 9.58. The van der Waals surface area contributed by atoms with Crippen LogP contribution < -0.4 is 16.6 Å². The Morgan fingerprint density at radius 1 is 1.47 bits per heavy atom. The lowest BCUT2D eigenvalue weighted by Gasteiger charge is -2.15. The summed E-state index contributed by atoms with van der Waals surface area (Å²) in [6.45, 7) is 2.15. The highest BCUT2D eigenvalue weighted by Gasteiger charge is 2.37. The molecule has 0 aliphatic heterocycles. The van der Waals surface area contributed by atoms with Gasteiger partial charge in [-0.25, -0.2) is 4.98 Å². The van der Waals surface area contributed by atoms with Gasteiger partial charge in [0.1, 0.15) is 0 Å². The number of hydrogen-bond acceptors (Lipinski definition) is 4. The minimum atomic E-state index is -0.161. The van der Waals surface area contributed by atoms with Gasteiger partial charge in [-0.15, -0.1) is 0 Å². The topological polar surface area (TPSA) is 83.8 Å². The van der Waals surface area contributed by atoms with Crippen LogP contribution in [0, 0.1) is 0 Å². The largest absolute Gasteiger partial charge is 0.397 e. The fourth-order valence-electron chi connectivity index (χ4n) is 1.88. The fraction of sp³-hybridized carbons (Fsp3) is 0.333. The first-order valence-corrected chi connectivity index (χ1v) is 5.63. The van der Waals surface area contributed by atoms with Crippen molar-refractivity contribution in [1.82, 2.24) is 9.97 Å². The predicted octanol–water partition coefficient (Wildman–Crippen LogP) is 1.47. The molecule has 0 unspecified atom stereocenters. The smallest absolute Gasteiger partial charge is 0.258 e. The van der Waals surface area contributed by atoms with Crippen LogP contribution in [0.3, 0.4) is 0 Å². The monoisotopic (exact) mass is 230 g/mol. The van der Waals surface area contributed by atoms with Crippen molar-refractivity contribution in [3.63, 3.8) is 0 Å². The Balaban J connectivity index is 2.14. The molecule has 4 N–H and O–H groups in total. The first-order chi connectivity index (χ1) is 8.07. The van der Waals surface area contributed by atoms with E-state index in [0.29, 0.717) is 16.6 Å². The van der Waals surface area contributed by atoms with Gasteiger partial charge in [-0.1, -0.05) is 0 Å². The third-order valence-electron chi connectivity index (χ3n) is 3.25. The molecule has 1 aromatic heterocycles. The lowest BCUT2D eigenvalue weighted by molar-refractivity contribution is 0.830. The van der Waals surface area contributed by atoms with E-state index >= 15 is 0 Å². The first kappa shape index (κ1) is 10.1. The molecule has 1 saturated carbocycles. The summed E-state index contributed by atoms with van der Waals surface area (Å²) in [5.41, 5.74) is 8.05. The Morgan fingerprint density at radius 2 is 2.24 bits per heavy atom. The molecule has 0 radical (unpaired) electrons. The van der Waals surface area contributed by atoms with Gasteiger partial charge in [0.05, 0.1) is 28.6 Å². The van der Waals surface area contributed by atoms with Crippen LogP contribution in [0.4, 0.5) is 11.4 Å². The molecule has 1 aliphatic carbocycles. The third-order valence-corrected chi connectivity index (χ3v) is 3.25. The van der Waals surface area contributed by atoms with Gasteiger partial charge < -0.3 is 16.0 Å². The van der Waals surface area contributed by atoms with Crippen LogP contribution in [0.2, 0.25) is 0 Å². The van der Waals surface area contributed by atoms with Crippen LogP contribution in [0.15, 0.2) is 23.3 Å². The average Bonchev–Trinajstić information content (AvgIpc) is 2.99. The van der Waals surface area contributed by atoms with Gasteiger partial charge in [0.25, 0.3) is 5.56 Å². The van der Waals surface area contributed by atoms with Gasteiger partial charge in [0.2, 0.25) is 0 Å². The zero-order chi connectivity index (χ0) is 12.0. The van der Waals surface area contributed by atoms with Crippen molar-refractivity contribution in [2.75, 3.05) is 11.1 Å². The Bertz CT molecular complexity index is 642. The number of nitrogen functional groups attached to an aromatic ring is 1. The van der Waals surface area contributed by atoms with Crippen molar-refractivity contribution in [2.45, 2.75) is 25.3 Å². The van der Waals surface area contributed by atoms with Crippen LogP contribution >= 0.6 is 0 Å². The summed E-state index contributed by atoms with van der Waals surface area (Å²) in [5.74, 6) is 0. The number of nitrogens with one attached hydrogen (secondary N) is 2. The molecule has 1 aromatic carbocycles. The number of nitrogens with zero attached hydrogens (tertiary/aromatic N) is 1. The minimum absolute atomic E-state index is 0.156. The van der Waals surface area contributed by atoms with Crippen LogP contribution in [0.1, 0.15) is 19.8 Å². The van der Waals surface area contributed by atoms with E-state index in [-0.39, 0.29) is 11.1 Å². The summed E-state index contributed by atoms with van der Waals surface area (Å²) in [6.07, 6.45) is 3.70. The lowest BCUT2D eigenvalue weighted by atomic mass is 10.1. The Kier molecular flexibility index (Phi) is 1.92. The van der Waals surface area contributed by atoms with E-state index in [9.17, 15) is 4.79 Å². The summed E-state index contributed by atoms with van der Waals surface area (Å²) in [4.78, 5) is 18.3. The van der Waals surface area contributed by atoms with Crippen LogP contribution in [0.5, 0.6) is 0 Å². The van der Waals surface area contributed by atoms with E-state index in [0.717, 1.165) is 18.5 Å². The number of fused-ring (bicyclic) bond motifs is 1. The fourth-order valence-corrected chi connectivity index (χ4v) is 1.88. The second-order valence-electron chi connectivity index (χ2n) is 4.87. The average molecular weight is 230 g/mol. The van der Waals surface area contributed by atoms with Gasteiger partial charge in [-0.2, -0.15) is 0 Å². The molecule has 0 bridgehead atoms. The highest BCUT2D eigenvalue weighted by Crippen LogP contribution is 2.39. The van der Waals surface area contributed by atoms with Crippen molar-refractivity contribution in [3.8, 4) is 0 Å². The van der Waals surface area contributed by atoms with Crippen molar-refractivity contribution in [2.24, 2.45) is 0 Å². The molecule has 0 saturated heterocycles. The molecule has 0 atom stereocenters. The summed E-state index contributed by atoms with van der Waals surface area (Å²) in [7, 11) is 0. The molecule has 1 aliphatic rings. The molecular weight excluding hydrogens is 216 g/mol. The molecule has 88 valence electrons. The Morgan fingerprint density at radius 3 is 2.94 bits per heavy atom. The number of hydrogen-bond donors (Lipinski definition) is 3. The van der Waals surface area contributed by atoms with E-state index in [1.165, 1.54) is 6.33 Å². The normalized spacial score (nSPS) is 17.0. The maximum atomic E-state index is 11.6. The summed E-state index contributed by atoms with van der Waals surface area (Å²) >= 11 is 0. The molecule has 1 heterocycles. The Labute approximate surface area is 98.1 Å². The molecule has 3 rings (SSSR count). The van der Waals surface area contributed by atoms with E-state index < -0.39 is 0 Å². The van der Waals surface area contributed by atoms with Crippen LogP contribution in [0.25, 0.3) is 10.9 Å². The SMILES string of the molecule is CC1(Nc2cc3nc[nH]c(=O)c3cc2N)CC1. The Hall–Kier alpha value is -2.04. The van der Waals surface area contributed by atoms with Crippen molar-refractivity contribution >= 4 is 22.3 Å². The maximum absolute atomic E-state index is 11.6. The highest BCUT2D eigenvalue weighted by atomic mass is 16.1. The van der Waals surface area contributed by atoms with Crippen LogP contribution in [-0.2, 0) is 0 Å². The van der Waals surface area contributed by atoms with E-state index in [2.05, 4.69) is 22.2 Å². The molecule has 17 heavy (non-hydrogen) atoms. The van der Waals surface area contributed by atoms with Gasteiger partial charge in [-0.05, 0) is 31.9 Å². The summed E-state index contributed by atoms with van der Waals surface area (Å²) < 4.78 is 0. The van der Waals surface area contributed by atoms with Crippen molar-refractivity contribution < 1.29 is 0 Å². The molecule has 0 amide bonds. The number of H-pyrrole nitrogens is 1. The number of aromatic nitrogens is 2. The van der Waals surface area contributed by atoms with Gasteiger partial charge >= 0.3 is 0 Å². The number of rotatable bonds is 2. The molecular formula is C12H14N4O. The summed E-state index contributed by atoms with van der Waals surface area (Å²) in [5, 5.41) is 3.92. The van der Waals surface area contributed by atoms with E-state index in [4.69, 9.17) is 5.73 Å². The van der Waals surface area contributed by atoms with Crippen LogP contribution in [-0.4, -0.2) is 15.5 Å². The van der Waals surface area contributed by atoms with Gasteiger partial charge in [-0.3, -0.25) is 4.79 Å². The second-order valence-corrected chi connectivity index (χ2v) is 4.87. The molecule has 5 heteroatoms. The quantitative estimate of drug-likeness (QED) is 0.682. The van der Waals surface area contributed by atoms with E-state index in [1.54, 1.807) is 6.07 Å². The lowest BCUT2D eigenvalue weighted by Crippen LogP contribution is -2.17. The second kappa shape index (κ2) is 3.23. The van der Waals surface area contributed by atoms with E-state index in [1.807, 2.05) is 6.07 Å². The summed E-state index contributed by atoms with van der Waals surface area (Å²) in [6, 6.07) is 3.51. The van der Waals surface area contributed by atoms with Gasteiger partial charge in [0, 0.05) is 5.54 Å².